The van der Waals surface area contributed by atoms with Crippen molar-refractivity contribution >= 4 is 5.91 Å². The lowest BCUT2D eigenvalue weighted by atomic mass is 10.1. The van der Waals surface area contributed by atoms with Gasteiger partial charge in [-0.2, -0.15) is 10.5 Å². The number of carbonyl (C=O) groups is 1. The second-order valence-electron chi connectivity index (χ2n) is 4.89. The zero-order chi connectivity index (χ0) is 11.1. The zero-order valence-corrected chi connectivity index (χ0v) is 9.53. The summed E-state index contributed by atoms with van der Waals surface area (Å²) in [6.45, 7) is 9.88. The van der Waals surface area contributed by atoms with Crippen LogP contribution in [-0.4, -0.2) is 33.7 Å². The Labute approximate surface area is 85.2 Å². The summed E-state index contributed by atoms with van der Waals surface area (Å²) in [4.78, 5) is 11.8. The van der Waals surface area contributed by atoms with Crippen molar-refractivity contribution in [2.45, 2.75) is 52.4 Å². The fraction of sp³-hybridized carbons (Fsp3) is 0.889. The van der Waals surface area contributed by atoms with Crippen molar-refractivity contribution in [3.8, 4) is 0 Å². The molecule has 0 spiro atoms. The molecule has 5 nitrogen and oxygen atoms in total. The maximum absolute atomic E-state index is 11.8. The molecule has 3 N–H and O–H groups in total. The lowest BCUT2D eigenvalue weighted by Gasteiger charge is -2.32. The molecule has 0 aliphatic carbocycles. The van der Waals surface area contributed by atoms with Crippen LogP contribution in [0.15, 0.2) is 0 Å². The summed E-state index contributed by atoms with van der Waals surface area (Å²) in [5, 5.41) is 3.34. The van der Waals surface area contributed by atoms with E-state index < -0.39 is 6.17 Å². The molecular formula is C9H20N4O. The van der Waals surface area contributed by atoms with Gasteiger partial charge < -0.3 is 5.73 Å². The van der Waals surface area contributed by atoms with E-state index in [2.05, 4.69) is 5.53 Å². The topological polar surface area (TPSA) is 61.6 Å². The monoisotopic (exact) mass is 200 g/mol. The van der Waals surface area contributed by atoms with Crippen molar-refractivity contribution in [3.63, 3.8) is 0 Å². The summed E-state index contributed by atoms with van der Waals surface area (Å²) in [6, 6.07) is 0.196. The number of nitrogens with two attached hydrogens (primary N) is 1. The quantitative estimate of drug-likeness (QED) is 0.627. The Bertz CT molecular complexity index is 233. The van der Waals surface area contributed by atoms with Crippen molar-refractivity contribution in [2.75, 3.05) is 0 Å². The normalized spacial score (nSPS) is 25.2. The van der Waals surface area contributed by atoms with Crippen molar-refractivity contribution in [2.24, 2.45) is 5.73 Å². The van der Waals surface area contributed by atoms with E-state index in [0.717, 1.165) is 0 Å². The van der Waals surface area contributed by atoms with Gasteiger partial charge in [0.1, 0.15) is 0 Å². The second kappa shape index (κ2) is 3.49. The summed E-state index contributed by atoms with van der Waals surface area (Å²) in [5.41, 5.74) is 8.55. The van der Waals surface area contributed by atoms with Crippen molar-refractivity contribution < 1.29 is 4.79 Å². The number of nitrogens with one attached hydrogen (secondary N) is 1. The molecule has 1 heterocycles. The van der Waals surface area contributed by atoms with Crippen molar-refractivity contribution in [1.82, 2.24) is 15.6 Å². The molecule has 0 aromatic heterocycles. The van der Waals surface area contributed by atoms with Gasteiger partial charge in [-0.1, -0.05) is 0 Å². The largest absolute Gasteiger partial charge is 0.307 e. The van der Waals surface area contributed by atoms with E-state index >= 15 is 0 Å². The summed E-state index contributed by atoms with van der Waals surface area (Å²) in [6.07, 6.45) is -0.575. The molecule has 1 rings (SSSR count). The Morgan fingerprint density at radius 3 is 2.14 bits per heavy atom. The van der Waals surface area contributed by atoms with Crippen LogP contribution >= 0.6 is 0 Å². The van der Waals surface area contributed by atoms with Gasteiger partial charge in [-0.15, -0.1) is 0 Å². The smallest absolute Gasteiger partial charge is 0.271 e. The average molecular weight is 200 g/mol. The minimum absolute atomic E-state index is 0.0776. The van der Waals surface area contributed by atoms with E-state index in [-0.39, 0.29) is 17.5 Å². The van der Waals surface area contributed by atoms with Crippen LogP contribution in [0, 0.1) is 0 Å². The molecule has 1 atom stereocenters. The molecule has 1 unspecified atom stereocenters. The Morgan fingerprint density at radius 2 is 1.93 bits per heavy atom. The summed E-state index contributed by atoms with van der Waals surface area (Å²) in [7, 11) is 0. The van der Waals surface area contributed by atoms with Crippen LogP contribution in [0.25, 0.3) is 0 Å². The van der Waals surface area contributed by atoms with E-state index in [1.54, 1.807) is 10.0 Å². The molecule has 5 heteroatoms. The highest BCUT2D eigenvalue weighted by atomic mass is 16.2. The van der Waals surface area contributed by atoms with Gasteiger partial charge in [0.15, 0.2) is 6.17 Å². The Kier molecular flexibility index (Phi) is 2.85. The van der Waals surface area contributed by atoms with Gasteiger partial charge >= 0.3 is 0 Å². The van der Waals surface area contributed by atoms with Gasteiger partial charge in [0.2, 0.25) is 0 Å². The van der Waals surface area contributed by atoms with E-state index in [9.17, 15) is 4.79 Å². The summed E-state index contributed by atoms with van der Waals surface area (Å²) >= 11 is 0. The van der Waals surface area contributed by atoms with Gasteiger partial charge in [0, 0.05) is 6.04 Å². The number of hydrogen-bond donors (Lipinski definition) is 2. The Balaban J connectivity index is 2.82. The van der Waals surface area contributed by atoms with Crippen LogP contribution < -0.4 is 11.3 Å². The lowest BCUT2D eigenvalue weighted by Crippen LogP contribution is -2.52. The third-order valence-corrected chi connectivity index (χ3v) is 2.22. The molecule has 1 fully saturated rings. The molecule has 1 amide bonds. The first-order valence-electron chi connectivity index (χ1n) is 4.89. The SMILES string of the molecule is CC(C)N1NN(C(C)(C)C)C(=O)C1N. The number of rotatable bonds is 1. The first-order valence-corrected chi connectivity index (χ1v) is 4.89. The van der Waals surface area contributed by atoms with Crippen LogP contribution in [0.5, 0.6) is 0 Å². The molecule has 0 bridgehead atoms. The number of nitrogens with zero attached hydrogens (tertiary/aromatic N) is 2. The van der Waals surface area contributed by atoms with Crippen molar-refractivity contribution in [1.29, 1.82) is 0 Å². The fourth-order valence-corrected chi connectivity index (χ4v) is 1.40. The standard InChI is InChI=1S/C9H20N4O/c1-6(2)12-7(10)8(14)13(11-12)9(3,4)5/h6-7,11H,10H2,1-5H3. The fourth-order valence-electron chi connectivity index (χ4n) is 1.40. The van der Waals surface area contributed by atoms with E-state index in [1.165, 1.54) is 0 Å². The van der Waals surface area contributed by atoms with Gasteiger partial charge in [-0.05, 0) is 34.6 Å². The highest BCUT2D eigenvalue weighted by Gasteiger charge is 2.42. The molecule has 1 aliphatic rings. The predicted octanol–water partition coefficient (Wildman–Crippen LogP) is 0.0419. The van der Waals surface area contributed by atoms with Crippen LogP contribution in [-0.2, 0) is 4.79 Å². The van der Waals surface area contributed by atoms with Gasteiger partial charge in [0.05, 0.1) is 5.54 Å². The van der Waals surface area contributed by atoms with Crippen molar-refractivity contribution in [3.05, 3.63) is 0 Å². The molecule has 1 saturated heterocycles. The first-order chi connectivity index (χ1) is 6.25. The average Bonchev–Trinajstić information content (AvgIpc) is 2.28. The number of amides is 1. The third-order valence-electron chi connectivity index (χ3n) is 2.22. The molecule has 0 saturated carbocycles. The summed E-state index contributed by atoms with van der Waals surface area (Å²) in [5.74, 6) is -0.0776. The third kappa shape index (κ3) is 1.89. The molecule has 0 radical (unpaired) electrons. The Morgan fingerprint density at radius 1 is 1.43 bits per heavy atom. The Hall–Kier alpha value is -0.650. The zero-order valence-electron chi connectivity index (χ0n) is 9.53. The number of hydrogen-bond acceptors (Lipinski definition) is 4. The lowest BCUT2D eigenvalue weighted by molar-refractivity contribution is -0.135. The molecular weight excluding hydrogens is 180 g/mol. The van der Waals surface area contributed by atoms with Gasteiger partial charge in [-0.25, -0.2) is 0 Å². The van der Waals surface area contributed by atoms with E-state index in [1.807, 2.05) is 34.6 Å². The predicted molar refractivity (Wildman–Crippen MR) is 54.7 cm³/mol. The van der Waals surface area contributed by atoms with Gasteiger partial charge in [-0.3, -0.25) is 9.80 Å². The molecule has 0 aromatic rings. The summed E-state index contributed by atoms with van der Waals surface area (Å²) < 4.78 is 0. The van der Waals surface area contributed by atoms with Crippen LogP contribution in [0.1, 0.15) is 34.6 Å². The second-order valence-corrected chi connectivity index (χ2v) is 4.89. The van der Waals surface area contributed by atoms with Crippen LogP contribution in [0.4, 0.5) is 0 Å². The van der Waals surface area contributed by atoms with Crippen LogP contribution in [0.3, 0.4) is 0 Å². The van der Waals surface area contributed by atoms with E-state index in [4.69, 9.17) is 5.73 Å². The first kappa shape index (κ1) is 11.4. The molecule has 82 valence electrons. The highest BCUT2D eigenvalue weighted by molar-refractivity contribution is 5.82. The minimum Gasteiger partial charge on any atom is -0.307 e. The molecule has 14 heavy (non-hydrogen) atoms. The molecule has 1 aliphatic heterocycles. The molecule has 0 aromatic carbocycles. The number of carbonyl (C=O) groups excluding carboxylic acids is 1. The maximum Gasteiger partial charge on any atom is 0.271 e. The van der Waals surface area contributed by atoms with Gasteiger partial charge in [0.25, 0.3) is 5.91 Å². The highest BCUT2D eigenvalue weighted by Crippen LogP contribution is 2.18. The number of hydrazine groups is 2. The maximum atomic E-state index is 11.8. The minimum atomic E-state index is -0.575. The van der Waals surface area contributed by atoms with Crippen LogP contribution in [0.2, 0.25) is 0 Å². The van der Waals surface area contributed by atoms with E-state index in [0.29, 0.717) is 0 Å².